The van der Waals surface area contributed by atoms with Crippen molar-refractivity contribution in [2.24, 2.45) is 14.1 Å². The number of hydrogen-bond donors (Lipinski definition) is 0. The van der Waals surface area contributed by atoms with E-state index in [2.05, 4.69) is 311 Å². The molecule has 4 heterocycles. The van der Waals surface area contributed by atoms with Gasteiger partial charge in [-0.1, -0.05) is 176 Å². The van der Waals surface area contributed by atoms with Crippen LogP contribution in [0.4, 0.5) is 0 Å². The fourth-order valence-electron chi connectivity index (χ4n) is 14.5. The third-order valence-electron chi connectivity index (χ3n) is 18.5. The van der Waals surface area contributed by atoms with E-state index in [1.807, 2.05) is 0 Å². The lowest BCUT2D eigenvalue weighted by molar-refractivity contribution is 1.01. The molecule has 0 radical (unpaired) electrons. The highest BCUT2D eigenvalue weighted by Gasteiger charge is 2.21. The Morgan fingerprint density at radius 1 is 0.202 bits per heavy atom. The predicted molar refractivity (Wildman–Crippen MR) is 357 cm³/mol. The van der Waals surface area contributed by atoms with E-state index in [-0.39, 0.29) is 0 Å². The summed E-state index contributed by atoms with van der Waals surface area (Å²) in [6, 6.07) is 104. The number of aryl methyl sites for hydroxylation is 2. The summed E-state index contributed by atoms with van der Waals surface area (Å²) >= 11 is 0. The predicted octanol–water partition coefficient (Wildman–Crippen LogP) is 21.3. The van der Waals surface area contributed by atoms with E-state index in [9.17, 15) is 0 Å². The first-order valence-corrected chi connectivity index (χ1v) is 29.1. The van der Waals surface area contributed by atoms with Gasteiger partial charge in [0.15, 0.2) is 0 Å². The van der Waals surface area contributed by atoms with Crippen LogP contribution in [0.5, 0.6) is 0 Å². The molecule has 0 aliphatic carbocycles. The molecule has 18 rings (SSSR count). The Balaban J connectivity index is 0.726. The molecule has 0 N–H and O–H groups in total. The molecule has 18 aromatic rings. The molecule has 0 fully saturated rings. The van der Waals surface area contributed by atoms with E-state index in [4.69, 9.17) is 0 Å². The second kappa shape index (κ2) is 17.8. The molecule has 0 aliphatic rings. The topological polar surface area (TPSA) is 19.7 Å². The van der Waals surface area contributed by atoms with Gasteiger partial charge in [0.1, 0.15) is 0 Å². The third-order valence-corrected chi connectivity index (χ3v) is 18.5. The van der Waals surface area contributed by atoms with Crippen LogP contribution in [-0.4, -0.2) is 18.3 Å². The summed E-state index contributed by atoms with van der Waals surface area (Å²) in [4.78, 5) is 0. The average Bonchev–Trinajstić information content (AvgIpc) is 3.21. The van der Waals surface area contributed by atoms with Gasteiger partial charge >= 0.3 is 0 Å². The third kappa shape index (κ3) is 6.83. The largest absolute Gasteiger partial charge is 0.344 e. The second-order valence-electron chi connectivity index (χ2n) is 23.0. The van der Waals surface area contributed by atoms with Gasteiger partial charge in [-0.2, -0.15) is 0 Å². The highest BCUT2D eigenvalue weighted by Crippen LogP contribution is 2.44. The number of fused-ring (bicyclic) bond motifs is 17. The highest BCUT2D eigenvalue weighted by molar-refractivity contribution is 6.25. The van der Waals surface area contributed by atoms with Crippen LogP contribution in [0, 0.1) is 0 Å². The Labute approximate surface area is 484 Å². The molecule has 0 bridgehead atoms. The lowest BCUT2D eigenvalue weighted by Gasteiger charge is -2.13. The Hall–Kier alpha value is -10.9. The van der Waals surface area contributed by atoms with Crippen molar-refractivity contribution in [3.63, 3.8) is 0 Å². The summed E-state index contributed by atoms with van der Waals surface area (Å²) < 4.78 is 9.58. The second-order valence-corrected chi connectivity index (χ2v) is 23.0. The van der Waals surface area contributed by atoms with Crippen LogP contribution in [0.2, 0.25) is 0 Å². The van der Waals surface area contributed by atoms with E-state index in [1.165, 1.54) is 164 Å². The van der Waals surface area contributed by atoms with Gasteiger partial charge in [-0.25, -0.2) is 0 Å². The van der Waals surface area contributed by atoms with Crippen LogP contribution >= 0.6 is 0 Å². The number of hydrogen-bond acceptors (Lipinski definition) is 0. The number of benzene rings is 14. The number of aromatic nitrogens is 4. The maximum Gasteiger partial charge on any atom is 0.0541 e. The molecule has 4 nitrogen and oxygen atoms in total. The molecular formula is C80H52N4. The molecule has 0 saturated heterocycles. The van der Waals surface area contributed by atoms with Crippen LogP contribution in [0.1, 0.15) is 0 Å². The molecular weight excluding hydrogens is 1020 g/mol. The highest BCUT2D eigenvalue weighted by atomic mass is 15.0. The Morgan fingerprint density at radius 2 is 0.631 bits per heavy atom. The summed E-state index contributed by atoms with van der Waals surface area (Å²) in [5.41, 5.74) is 21.7. The monoisotopic (exact) mass is 1070 g/mol. The minimum Gasteiger partial charge on any atom is -0.344 e. The van der Waals surface area contributed by atoms with E-state index >= 15 is 0 Å². The van der Waals surface area contributed by atoms with Crippen LogP contribution in [0.25, 0.3) is 175 Å². The molecule has 4 aromatic heterocycles. The Kier molecular flexibility index (Phi) is 9.90. The number of nitrogens with zero attached hydrogens (tertiary/aromatic N) is 4. The normalized spacial score (nSPS) is 12.2. The van der Waals surface area contributed by atoms with Gasteiger partial charge in [-0.15, -0.1) is 0 Å². The zero-order chi connectivity index (χ0) is 55.3. The first-order chi connectivity index (χ1) is 41.5. The fraction of sp³-hybridized carbons (Fsp3) is 0.0250. The van der Waals surface area contributed by atoms with Crippen molar-refractivity contribution in [3.8, 4) is 55.9 Å². The zero-order valence-electron chi connectivity index (χ0n) is 46.3. The minimum atomic E-state index is 1.14. The standard InChI is InChI=1S/C80H52N4/c1-81-71-37-30-55(46-69(71)79-61-17-7-6-16-52(61)29-41-77(79)81)54-33-40-76-68(45-54)64-20-11-13-23-74(64)84(76)60-36-28-51-24-25-57(42-58(51)43-60)66-48-78-80(65-21-9-8-18-62(65)66)70-47-56(31-38-72(70)82(78)2)53-32-39-75-67(44-53)63-19-10-12-22-73(63)83(75)59-34-26-50(27-35-59)49-14-4-3-5-15-49/h3-48H,1-2H3. The van der Waals surface area contributed by atoms with Crippen LogP contribution in [0.15, 0.2) is 279 Å². The molecule has 0 spiro atoms. The molecule has 14 aromatic carbocycles. The van der Waals surface area contributed by atoms with E-state index < -0.39 is 0 Å². The molecule has 4 heteroatoms. The van der Waals surface area contributed by atoms with Gasteiger partial charge in [-0.05, 0) is 180 Å². The molecule has 0 atom stereocenters. The SMILES string of the molecule is Cn1c2ccc(-c3ccc4c(c3)c3ccccc3n4-c3ccc4ccc(-c5cc6c(c7ccccc57)c5cc(-c7ccc8c(c7)c7ccccc7n8-c7ccc(-c8ccccc8)cc7)ccc5n6C)cc4c3)cc2c2c3ccccc3ccc21. The lowest BCUT2D eigenvalue weighted by Crippen LogP contribution is -1.94. The maximum atomic E-state index is 2.45. The molecule has 0 saturated carbocycles. The van der Waals surface area contributed by atoms with Crippen molar-refractivity contribution < 1.29 is 0 Å². The fourth-order valence-corrected chi connectivity index (χ4v) is 14.5. The molecule has 0 amide bonds. The minimum absolute atomic E-state index is 1.14. The van der Waals surface area contributed by atoms with Crippen molar-refractivity contribution in [2.45, 2.75) is 0 Å². The molecule has 84 heavy (non-hydrogen) atoms. The van der Waals surface area contributed by atoms with Gasteiger partial charge < -0.3 is 18.3 Å². The van der Waals surface area contributed by atoms with E-state index in [0.29, 0.717) is 0 Å². The maximum absolute atomic E-state index is 2.45. The van der Waals surface area contributed by atoms with Crippen molar-refractivity contribution in [1.82, 2.24) is 18.3 Å². The zero-order valence-corrected chi connectivity index (χ0v) is 46.3. The Morgan fingerprint density at radius 3 is 1.29 bits per heavy atom. The Bertz CT molecular complexity index is 5810. The quantitative estimate of drug-likeness (QED) is 0.158. The lowest BCUT2D eigenvalue weighted by atomic mass is 9.93. The van der Waals surface area contributed by atoms with Crippen LogP contribution in [0.3, 0.4) is 0 Å². The van der Waals surface area contributed by atoms with Crippen LogP contribution < -0.4 is 0 Å². The molecule has 0 aliphatic heterocycles. The summed E-state index contributed by atoms with van der Waals surface area (Å²) in [6.45, 7) is 0. The summed E-state index contributed by atoms with van der Waals surface area (Å²) in [5, 5.41) is 17.6. The van der Waals surface area contributed by atoms with Gasteiger partial charge in [0, 0.05) is 85.1 Å². The average molecular weight is 1070 g/mol. The van der Waals surface area contributed by atoms with Gasteiger partial charge in [-0.3, -0.25) is 0 Å². The van der Waals surface area contributed by atoms with Crippen molar-refractivity contribution in [3.05, 3.63) is 279 Å². The van der Waals surface area contributed by atoms with Crippen molar-refractivity contribution in [2.75, 3.05) is 0 Å². The first kappa shape index (κ1) is 46.8. The van der Waals surface area contributed by atoms with Crippen LogP contribution in [-0.2, 0) is 14.1 Å². The van der Waals surface area contributed by atoms with Crippen molar-refractivity contribution >= 4 is 120 Å². The molecule has 392 valence electrons. The van der Waals surface area contributed by atoms with Gasteiger partial charge in [0.2, 0.25) is 0 Å². The number of para-hydroxylation sites is 2. The smallest absolute Gasteiger partial charge is 0.0541 e. The van der Waals surface area contributed by atoms with Crippen molar-refractivity contribution in [1.29, 1.82) is 0 Å². The van der Waals surface area contributed by atoms with E-state index in [1.54, 1.807) is 0 Å². The van der Waals surface area contributed by atoms with Gasteiger partial charge in [0.05, 0.1) is 27.6 Å². The summed E-state index contributed by atoms with van der Waals surface area (Å²) in [7, 11) is 4.41. The van der Waals surface area contributed by atoms with Gasteiger partial charge in [0.25, 0.3) is 0 Å². The number of rotatable bonds is 6. The van der Waals surface area contributed by atoms with E-state index in [0.717, 1.165) is 11.4 Å². The molecule has 0 unspecified atom stereocenters. The summed E-state index contributed by atoms with van der Waals surface area (Å²) in [5.74, 6) is 0. The summed E-state index contributed by atoms with van der Waals surface area (Å²) in [6.07, 6.45) is 0. The first-order valence-electron chi connectivity index (χ1n) is 29.1.